The molecule has 0 saturated carbocycles. The second kappa shape index (κ2) is 14.1. The van der Waals surface area contributed by atoms with Gasteiger partial charge in [-0.2, -0.15) is 0 Å². The number of hydrogen-bond donors (Lipinski definition) is 2. The molecule has 1 aliphatic rings. The lowest BCUT2D eigenvalue weighted by atomic mass is 10.0. The molecule has 2 atom stereocenters. The minimum Gasteiger partial charge on any atom is -0.494 e. The van der Waals surface area contributed by atoms with Gasteiger partial charge in [0.05, 0.1) is 29.0 Å². The summed E-state index contributed by atoms with van der Waals surface area (Å²) in [5.41, 5.74) is 1.07. The standard InChI is InChI=1S/C24H30ClN3O2S.C2H2O4/c1-27(24-26-20-7-3-4-8-23(20)31-24)21-13-15-28(17-22(21)29-2)14-5-6-16-30-19-11-9-18(25)10-12-19;3-1(4)2(5)6/h3-4,7-12,21-22H,5-6,13-17H2,1-2H3;(H,3,4)(H,5,6). The van der Waals surface area contributed by atoms with E-state index < -0.39 is 11.9 Å². The quantitative estimate of drug-likeness (QED) is 0.294. The number of rotatable bonds is 9. The Morgan fingerprint density at radius 1 is 1.14 bits per heavy atom. The maximum atomic E-state index is 9.10. The summed E-state index contributed by atoms with van der Waals surface area (Å²) in [6, 6.07) is 16.2. The zero-order chi connectivity index (χ0) is 26.8. The largest absolute Gasteiger partial charge is 0.494 e. The topological polar surface area (TPSA) is 112 Å². The monoisotopic (exact) mass is 549 g/mol. The zero-order valence-electron chi connectivity index (χ0n) is 20.9. The molecular formula is C26H32ClN3O6S. The van der Waals surface area contributed by atoms with Gasteiger partial charge in [0.25, 0.3) is 0 Å². The summed E-state index contributed by atoms with van der Waals surface area (Å²) >= 11 is 7.67. The van der Waals surface area contributed by atoms with Crippen LogP contribution < -0.4 is 9.64 Å². The smallest absolute Gasteiger partial charge is 0.414 e. The fraction of sp³-hybridized carbons (Fsp3) is 0.423. The van der Waals surface area contributed by atoms with Crippen molar-refractivity contribution in [2.45, 2.75) is 31.4 Å². The zero-order valence-corrected chi connectivity index (χ0v) is 22.5. The van der Waals surface area contributed by atoms with Gasteiger partial charge >= 0.3 is 11.9 Å². The molecule has 0 spiro atoms. The van der Waals surface area contributed by atoms with Crippen LogP contribution in [-0.2, 0) is 14.3 Å². The van der Waals surface area contributed by atoms with Crippen LogP contribution in [0.2, 0.25) is 5.02 Å². The van der Waals surface area contributed by atoms with Crippen molar-refractivity contribution >= 4 is 50.2 Å². The van der Waals surface area contributed by atoms with Crippen molar-refractivity contribution in [1.29, 1.82) is 0 Å². The van der Waals surface area contributed by atoms with Crippen molar-refractivity contribution in [3.63, 3.8) is 0 Å². The molecule has 200 valence electrons. The number of likely N-dealkylation sites (tertiary alicyclic amines) is 1. The fourth-order valence-electron chi connectivity index (χ4n) is 4.16. The van der Waals surface area contributed by atoms with Gasteiger partial charge in [-0.05, 0) is 62.2 Å². The SMILES string of the molecule is COC1CN(CCCCOc2ccc(Cl)cc2)CCC1N(C)c1nc2ccccc2s1.O=C(O)C(=O)O. The lowest BCUT2D eigenvalue weighted by Crippen LogP contribution is -2.54. The van der Waals surface area contributed by atoms with Gasteiger partial charge in [0, 0.05) is 32.3 Å². The summed E-state index contributed by atoms with van der Waals surface area (Å²) in [4.78, 5) is 27.9. The average molecular weight is 550 g/mol. The van der Waals surface area contributed by atoms with Gasteiger partial charge in [-0.1, -0.05) is 35.1 Å². The van der Waals surface area contributed by atoms with E-state index >= 15 is 0 Å². The first kappa shape index (κ1) is 28.6. The number of methoxy groups -OCH3 is 1. The highest BCUT2D eigenvalue weighted by Gasteiger charge is 2.33. The van der Waals surface area contributed by atoms with Crippen LogP contribution in [0, 0.1) is 0 Å². The number of thiazole rings is 1. The number of aromatic nitrogens is 1. The third kappa shape index (κ3) is 8.57. The summed E-state index contributed by atoms with van der Waals surface area (Å²) in [7, 11) is 3.98. The van der Waals surface area contributed by atoms with E-state index in [1.165, 1.54) is 4.70 Å². The van der Waals surface area contributed by atoms with Crippen LogP contribution in [0.25, 0.3) is 10.2 Å². The van der Waals surface area contributed by atoms with Crippen LogP contribution in [-0.4, -0.2) is 84.6 Å². The van der Waals surface area contributed by atoms with E-state index in [1.807, 2.05) is 37.4 Å². The maximum Gasteiger partial charge on any atom is 0.414 e. The van der Waals surface area contributed by atoms with E-state index in [9.17, 15) is 0 Å². The van der Waals surface area contributed by atoms with E-state index in [1.54, 1.807) is 11.3 Å². The molecule has 11 heteroatoms. The van der Waals surface area contributed by atoms with Gasteiger partial charge in [-0.15, -0.1) is 0 Å². The second-order valence-corrected chi connectivity index (χ2v) is 10.1. The Labute approximate surface area is 225 Å². The predicted molar refractivity (Wildman–Crippen MR) is 145 cm³/mol. The Bertz CT molecular complexity index is 1110. The Morgan fingerprint density at radius 2 is 1.84 bits per heavy atom. The molecule has 0 radical (unpaired) electrons. The number of aliphatic carboxylic acids is 2. The fourth-order valence-corrected chi connectivity index (χ4v) is 5.27. The lowest BCUT2D eigenvalue weighted by molar-refractivity contribution is -0.159. The number of para-hydroxylation sites is 1. The highest BCUT2D eigenvalue weighted by atomic mass is 35.5. The van der Waals surface area contributed by atoms with Gasteiger partial charge in [0.1, 0.15) is 5.75 Å². The maximum absolute atomic E-state index is 9.10. The number of fused-ring (bicyclic) bond motifs is 1. The Kier molecular flexibility index (Phi) is 10.9. The number of piperidine rings is 1. The van der Waals surface area contributed by atoms with E-state index in [2.05, 4.69) is 35.0 Å². The first-order chi connectivity index (χ1) is 17.8. The highest BCUT2D eigenvalue weighted by molar-refractivity contribution is 7.22. The summed E-state index contributed by atoms with van der Waals surface area (Å²) in [5, 5.41) is 16.6. The van der Waals surface area contributed by atoms with Crippen molar-refractivity contribution in [3.8, 4) is 5.75 Å². The molecule has 9 nitrogen and oxygen atoms in total. The Morgan fingerprint density at radius 3 is 2.49 bits per heavy atom. The molecule has 1 fully saturated rings. The van der Waals surface area contributed by atoms with Gasteiger partial charge in [-0.25, -0.2) is 14.6 Å². The molecule has 0 amide bonds. The summed E-state index contributed by atoms with van der Waals surface area (Å²) in [6.45, 7) is 3.83. The van der Waals surface area contributed by atoms with Gasteiger partial charge in [-0.3, -0.25) is 0 Å². The average Bonchev–Trinajstić information content (AvgIpc) is 3.34. The van der Waals surface area contributed by atoms with E-state index in [-0.39, 0.29) is 6.10 Å². The first-order valence-electron chi connectivity index (χ1n) is 12.0. The number of anilines is 1. The molecule has 2 aromatic carbocycles. The molecular weight excluding hydrogens is 518 g/mol. The number of carboxylic acid groups (broad SMARTS) is 2. The lowest BCUT2D eigenvalue weighted by Gasteiger charge is -2.41. The Hall–Kier alpha value is -2.92. The molecule has 37 heavy (non-hydrogen) atoms. The predicted octanol–water partition coefficient (Wildman–Crippen LogP) is 4.49. The minimum absolute atomic E-state index is 0.177. The highest BCUT2D eigenvalue weighted by Crippen LogP contribution is 2.31. The van der Waals surface area contributed by atoms with Crippen molar-refractivity contribution in [3.05, 3.63) is 53.6 Å². The van der Waals surface area contributed by atoms with Gasteiger partial charge in [0.2, 0.25) is 0 Å². The van der Waals surface area contributed by atoms with Gasteiger partial charge in [0.15, 0.2) is 5.13 Å². The molecule has 2 heterocycles. The molecule has 3 aromatic rings. The summed E-state index contributed by atoms with van der Waals surface area (Å²) in [6.07, 6.45) is 3.40. The molecule has 1 saturated heterocycles. The molecule has 4 rings (SSSR count). The van der Waals surface area contributed by atoms with Crippen LogP contribution in [0.5, 0.6) is 5.75 Å². The van der Waals surface area contributed by atoms with Crippen LogP contribution in [0.4, 0.5) is 5.13 Å². The second-order valence-electron chi connectivity index (χ2n) is 8.63. The third-order valence-corrected chi connectivity index (χ3v) is 7.51. The molecule has 0 bridgehead atoms. The third-order valence-electron chi connectivity index (χ3n) is 6.13. The number of ether oxygens (including phenoxy) is 2. The van der Waals surface area contributed by atoms with Crippen LogP contribution in [0.3, 0.4) is 0 Å². The summed E-state index contributed by atoms with van der Waals surface area (Å²) in [5.74, 6) is -2.77. The molecule has 1 aromatic heterocycles. The number of nitrogens with zero attached hydrogens (tertiary/aromatic N) is 3. The summed E-state index contributed by atoms with van der Waals surface area (Å²) < 4.78 is 12.9. The van der Waals surface area contributed by atoms with Crippen LogP contribution in [0.15, 0.2) is 48.5 Å². The van der Waals surface area contributed by atoms with Crippen molar-refractivity contribution in [2.75, 3.05) is 45.3 Å². The first-order valence-corrected chi connectivity index (χ1v) is 13.2. The van der Waals surface area contributed by atoms with Crippen molar-refractivity contribution in [1.82, 2.24) is 9.88 Å². The van der Waals surface area contributed by atoms with E-state index in [0.29, 0.717) is 6.04 Å². The molecule has 0 aliphatic carbocycles. The van der Waals surface area contributed by atoms with E-state index in [4.69, 9.17) is 45.9 Å². The van der Waals surface area contributed by atoms with Crippen LogP contribution in [0.1, 0.15) is 19.3 Å². The molecule has 1 aliphatic heterocycles. The minimum atomic E-state index is -1.82. The number of benzene rings is 2. The number of hydrogen-bond acceptors (Lipinski definition) is 8. The molecule has 2 N–H and O–H groups in total. The van der Waals surface area contributed by atoms with Crippen molar-refractivity contribution in [2.24, 2.45) is 0 Å². The number of carboxylic acids is 2. The van der Waals surface area contributed by atoms with Crippen molar-refractivity contribution < 1.29 is 29.3 Å². The molecule has 2 unspecified atom stereocenters. The number of carbonyl (C=O) groups is 2. The number of halogens is 1. The Balaban J connectivity index is 0.000000568. The van der Waals surface area contributed by atoms with Gasteiger partial charge < -0.3 is 29.5 Å². The normalized spacial score (nSPS) is 17.6. The van der Waals surface area contributed by atoms with E-state index in [0.717, 1.165) is 66.9 Å². The van der Waals surface area contributed by atoms with Crippen LogP contribution >= 0.6 is 22.9 Å². The number of unbranched alkanes of at least 4 members (excludes halogenated alkanes) is 1. The number of likely N-dealkylation sites (N-methyl/N-ethyl adjacent to an activating group) is 1.